The van der Waals surface area contributed by atoms with E-state index in [9.17, 15) is 4.79 Å². The van der Waals surface area contributed by atoms with Crippen molar-refractivity contribution < 1.29 is 4.79 Å². The number of aromatic nitrogens is 2. The van der Waals surface area contributed by atoms with E-state index < -0.39 is 0 Å². The topological polar surface area (TPSA) is 84.1 Å². The standard InChI is InChI=1S/C14H25N5O/c1-6-19(7-2)14(20)10(5)18-13-11(9(3)4)12(15)16-8-17-13/h8-10H,6-7H2,1-5H3,(H3,15,16,17,18). The number of carbonyl (C=O) groups is 1. The first-order chi connectivity index (χ1) is 9.42. The van der Waals surface area contributed by atoms with Crippen LogP contribution < -0.4 is 11.1 Å². The van der Waals surface area contributed by atoms with Crippen molar-refractivity contribution in [2.24, 2.45) is 0 Å². The molecule has 1 heterocycles. The molecule has 0 spiro atoms. The van der Waals surface area contributed by atoms with Crippen molar-refractivity contribution in [2.75, 3.05) is 24.1 Å². The summed E-state index contributed by atoms with van der Waals surface area (Å²) in [5, 5.41) is 3.16. The van der Waals surface area contributed by atoms with Crippen LogP contribution in [0.5, 0.6) is 0 Å². The van der Waals surface area contributed by atoms with Gasteiger partial charge in [0.05, 0.1) is 0 Å². The number of likely N-dealkylation sites (N-methyl/N-ethyl adjacent to an activating group) is 1. The van der Waals surface area contributed by atoms with Crippen LogP contribution in [-0.2, 0) is 4.79 Å². The highest BCUT2D eigenvalue weighted by Crippen LogP contribution is 2.26. The summed E-state index contributed by atoms with van der Waals surface area (Å²) in [6, 6.07) is -0.346. The molecule has 6 heteroatoms. The fourth-order valence-electron chi connectivity index (χ4n) is 2.17. The molecule has 1 aromatic heterocycles. The first kappa shape index (κ1) is 16.2. The summed E-state index contributed by atoms with van der Waals surface area (Å²) in [5.41, 5.74) is 6.75. The number of nitrogen functional groups attached to an aromatic ring is 1. The Kier molecular flexibility index (Phi) is 5.73. The Hall–Kier alpha value is -1.85. The third-order valence-corrected chi connectivity index (χ3v) is 3.29. The number of anilines is 2. The largest absolute Gasteiger partial charge is 0.383 e. The fourth-order valence-corrected chi connectivity index (χ4v) is 2.17. The van der Waals surface area contributed by atoms with Gasteiger partial charge in [0, 0.05) is 18.7 Å². The zero-order valence-electron chi connectivity index (χ0n) is 13.0. The number of nitrogens with zero attached hydrogens (tertiary/aromatic N) is 3. The summed E-state index contributed by atoms with van der Waals surface area (Å²) in [6.45, 7) is 11.2. The number of rotatable bonds is 6. The van der Waals surface area contributed by atoms with Gasteiger partial charge in [0.2, 0.25) is 5.91 Å². The Morgan fingerprint density at radius 2 is 1.90 bits per heavy atom. The molecule has 0 aliphatic heterocycles. The zero-order chi connectivity index (χ0) is 15.3. The first-order valence-corrected chi connectivity index (χ1v) is 7.07. The van der Waals surface area contributed by atoms with E-state index in [4.69, 9.17) is 5.73 Å². The highest BCUT2D eigenvalue weighted by molar-refractivity contribution is 5.84. The van der Waals surface area contributed by atoms with Gasteiger partial charge in [-0.15, -0.1) is 0 Å². The van der Waals surface area contributed by atoms with E-state index in [1.165, 1.54) is 6.33 Å². The van der Waals surface area contributed by atoms with E-state index in [1.54, 1.807) is 4.90 Å². The summed E-state index contributed by atoms with van der Waals surface area (Å²) in [4.78, 5) is 22.3. The van der Waals surface area contributed by atoms with E-state index in [0.717, 1.165) is 5.56 Å². The van der Waals surface area contributed by atoms with Crippen LogP contribution in [0.25, 0.3) is 0 Å². The van der Waals surface area contributed by atoms with Gasteiger partial charge >= 0.3 is 0 Å². The Morgan fingerprint density at radius 3 is 2.40 bits per heavy atom. The lowest BCUT2D eigenvalue weighted by molar-refractivity contribution is -0.131. The van der Waals surface area contributed by atoms with Crippen molar-refractivity contribution in [3.05, 3.63) is 11.9 Å². The molecule has 112 valence electrons. The molecule has 1 aromatic rings. The van der Waals surface area contributed by atoms with Gasteiger partial charge in [0.15, 0.2) is 0 Å². The molecule has 0 saturated carbocycles. The van der Waals surface area contributed by atoms with E-state index in [1.807, 2.05) is 34.6 Å². The van der Waals surface area contributed by atoms with E-state index in [-0.39, 0.29) is 17.9 Å². The molecule has 0 bridgehead atoms. The third-order valence-electron chi connectivity index (χ3n) is 3.29. The van der Waals surface area contributed by atoms with Crippen LogP contribution in [0.2, 0.25) is 0 Å². The van der Waals surface area contributed by atoms with Gasteiger partial charge in [0.1, 0.15) is 24.0 Å². The van der Waals surface area contributed by atoms with Crippen LogP contribution in [0.4, 0.5) is 11.6 Å². The van der Waals surface area contributed by atoms with Gasteiger partial charge in [-0.3, -0.25) is 4.79 Å². The molecule has 3 N–H and O–H groups in total. The summed E-state index contributed by atoms with van der Waals surface area (Å²) < 4.78 is 0. The predicted molar refractivity (Wildman–Crippen MR) is 81.5 cm³/mol. The molecule has 1 rings (SSSR count). The molecule has 20 heavy (non-hydrogen) atoms. The Morgan fingerprint density at radius 1 is 1.30 bits per heavy atom. The average molecular weight is 279 g/mol. The monoisotopic (exact) mass is 279 g/mol. The maximum atomic E-state index is 12.3. The molecule has 0 fully saturated rings. The van der Waals surface area contributed by atoms with Gasteiger partial charge in [-0.05, 0) is 26.7 Å². The summed E-state index contributed by atoms with van der Waals surface area (Å²) in [5.74, 6) is 1.34. The lowest BCUT2D eigenvalue weighted by Crippen LogP contribution is -2.41. The number of nitrogens with one attached hydrogen (secondary N) is 1. The van der Waals surface area contributed by atoms with Crippen molar-refractivity contribution in [1.82, 2.24) is 14.9 Å². The smallest absolute Gasteiger partial charge is 0.244 e. The maximum absolute atomic E-state index is 12.3. The van der Waals surface area contributed by atoms with Gasteiger partial charge in [-0.1, -0.05) is 13.8 Å². The van der Waals surface area contributed by atoms with Gasteiger partial charge < -0.3 is 16.0 Å². The van der Waals surface area contributed by atoms with E-state index in [0.29, 0.717) is 24.7 Å². The summed E-state index contributed by atoms with van der Waals surface area (Å²) in [7, 11) is 0. The van der Waals surface area contributed by atoms with Crippen LogP contribution >= 0.6 is 0 Å². The van der Waals surface area contributed by atoms with E-state index in [2.05, 4.69) is 15.3 Å². The minimum absolute atomic E-state index is 0.0573. The molecular formula is C14H25N5O. The van der Waals surface area contributed by atoms with Crippen molar-refractivity contribution in [1.29, 1.82) is 0 Å². The normalized spacial score (nSPS) is 12.3. The van der Waals surface area contributed by atoms with Crippen molar-refractivity contribution >= 4 is 17.5 Å². The highest BCUT2D eigenvalue weighted by Gasteiger charge is 2.21. The minimum Gasteiger partial charge on any atom is -0.383 e. The van der Waals surface area contributed by atoms with Crippen LogP contribution in [-0.4, -0.2) is 39.9 Å². The molecule has 1 amide bonds. The minimum atomic E-state index is -0.346. The number of hydrogen-bond donors (Lipinski definition) is 2. The first-order valence-electron chi connectivity index (χ1n) is 7.07. The maximum Gasteiger partial charge on any atom is 0.244 e. The van der Waals surface area contributed by atoms with E-state index >= 15 is 0 Å². The molecule has 0 aliphatic rings. The Balaban J connectivity index is 2.93. The van der Waals surface area contributed by atoms with Gasteiger partial charge in [-0.25, -0.2) is 9.97 Å². The number of nitrogens with two attached hydrogens (primary N) is 1. The zero-order valence-corrected chi connectivity index (χ0v) is 13.0. The number of amides is 1. The lowest BCUT2D eigenvalue weighted by atomic mass is 10.0. The molecule has 0 radical (unpaired) electrons. The van der Waals surface area contributed by atoms with Crippen molar-refractivity contribution in [2.45, 2.75) is 46.6 Å². The molecule has 0 aliphatic carbocycles. The average Bonchev–Trinajstić information content (AvgIpc) is 2.39. The van der Waals surface area contributed by atoms with Crippen LogP contribution in [0, 0.1) is 0 Å². The number of hydrogen-bond acceptors (Lipinski definition) is 5. The Bertz CT molecular complexity index is 457. The summed E-state index contributed by atoms with van der Waals surface area (Å²) in [6.07, 6.45) is 1.41. The Labute approximate surface area is 120 Å². The fraction of sp³-hybridized carbons (Fsp3) is 0.643. The van der Waals surface area contributed by atoms with Crippen LogP contribution in [0.3, 0.4) is 0 Å². The highest BCUT2D eigenvalue weighted by atomic mass is 16.2. The van der Waals surface area contributed by atoms with Gasteiger partial charge in [0.25, 0.3) is 0 Å². The predicted octanol–water partition coefficient (Wildman–Crippen LogP) is 1.85. The van der Waals surface area contributed by atoms with Crippen molar-refractivity contribution in [3.8, 4) is 0 Å². The van der Waals surface area contributed by atoms with Gasteiger partial charge in [-0.2, -0.15) is 0 Å². The molecule has 6 nitrogen and oxygen atoms in total. The SMILES string of the molecule is CCN(CC)C(=O)C(C)Nc1ncnc(N)c1C(C)C. The third kappa shape index (κ3) is 3.59. The van der Waals surface area contributed by atoms with Crippen LogP contribution in [0.15, 0.2) is 6.33 Å². The molecule has 1 unspecified atom stereocenters. The molecule has 0 aromatic carbocycles. The summed E-state index contributed by atoms with van der Waals surface area (Å²) >= 11 is 0. The number of carbonyl (C=O) groups excluding carboxylic acids is 1. The molecular weight excluding hydrogens is 254 g/mol. The second kappa shape index (κ2) is 7.07. The van der Waals surface area contributed by atoms with Crippen LogP contribution in [0.1, 0.15) is 46.1 Å². The molecule has 1 atom stereocenters. The second-order valence-corrected chi connectivity index (χ2v) is 5.05. The lowest BCUT2D eigenvalue weighted by Gasteiger charge is -2.25. The quantitative estimate of drug-likeness (QED) is 0.830. The molecule has 0 saturated heterocycles. The second-order valence-electron chi connectivity index (χ2n) is 5.05. The van der Waals surface area contributed by atoms with Crippen molar-refractivity contribution in [3.63, 3.8) is 0 Å².